The summed E-state index contributed by atoms with van der Waals surface area (Å²) in [6.45, 7) is 1.86. The molecule has 0 radical (unpaired) electrons. The highest BCUT2D eigenvalue weighted by atomic mass is 35.5. The van der Waals surface area contributed by atoms with Gasteiger partial charge in [-0.25, -0.2) is 4.98 Å². The van der Waals surface area contributed by atoms with Crippen LogP contribution in [0.15, 0.2) is 55.0 Å². The zero-order valence-corrected chi connectivity index (χ0v) is 14.4. The quantitative estimate of drug-likeness (QED) is 0.697. The van der Waals surface area contributed by atoms with Gasteiger partial charge in [0.2, 0.25) is 0 Å². The lowest BCUT2D eigenvalue weighted by atomic mass is 10.1. The van der Waals surface area contributed by atoms with E-state index >= 15 is 0 Å². The standard InChI is InChI=1S/C18H15Cl2N3O/c1-11(17-14(19)5-2-6-15(17)20)24-16-8-13(10-23-18(16)21)12-4-3-7-22-9-12/h2-11H,1H3,(H2,21,23)/t11-/m0/s1. The second kappa shape index (κ2) is 7.07. The summed E-state index contributed by atoms with van der Waals surface area (Å²) >= 11 is 12.5. The summed E-state index contributed by atoms with van der Waals surface area (Å²) in [5, 5.41) is 1.09. The van der Waals surface area contributed by atoms with Crippen molar-refractivity contribution >= 4 is 29.0 Å². The van der Waals surface area contributed by atoms with Gasteiger partial charge in [-0.1, -0.05) is 35.3 Å². The van der Waals surface area contributed by atoms with Crippen molar-refractivity contribution in [2.24, 2.45) is 0 Å². The average molecular weight is 360 g/mol. The molecule has 2 N–H and O–H groups in total. The number of benzene rings is 1. The highest BCUT2D eigenvalue weighted by molar-refractivity contribution is 6.36. The first-order chi connectivity index (χ1) is 11.6. The first-order valence-corrected chi connectivity index (χ1v) is 8.08. The Kier molecular flexibility index (Phi) is 4.88. The monoisotopic (exact) mass is 359 g/mol. The molecule has 0 bridgehead atoms. The van der Waals surface area contributed by atoms with Gasteiger partial charge in [-0.2, -0.15) is 0 Å². The molecule has 1 atom stereocenters. The van der Waals surface area contributed by atoms with Crippen LogP contribution in [0.4, 0.5) is 5.82 Å². The molecule has 6 heteroatoms. The number of hydrogen-bond donors (Lipinski definition) is 1. The third kappa shape index (κ3) is 3.45. The fraction of sp³-hybridized carbons (Fsp3) is 0.111. The van der Waals surface area contributed by atoms with Gasteiger partial charge >= 0.3 is 0 Å². The highest BCUT2D eigenvalue weighted by Crippen LogP contribution is 2.35. The van der Waals surface area contributed by atoms with Crippen molar-refractivity contribution in [1.82, 2.24) is 9.97 Å². The Labute approximate surface area is 150 Å². The van der Waals surface area contributed by atoms with Crippen LogP contribution in [0.3, 0.4) is 0 Å². The molecule has 1 aromatic carbocycles. The van der Waals surface area contributed by atoms with Crippen LogP contribution in [0.5, 0.6) is 5.75 Å². The Balaban J connectivity index is 1.92. The van der Waals surface area contributed by atoms with Crippen LogP contribution in [-0.2, 0) is 0 Å². The molecule has 0 spiro atoms. The minimum Gasteiger partial charge on any atom is -0.482 e. The Bertz CT molecular complexity index is 836. The Morgan fingerprint density at radius 1 is 1.04 bits per heavy atom. The maximum atomic E-state index is 6.24. The first-order valence-electron chi connectivity index (χ1n) is 7.32. The molecule has 0 aliphatic heterocycles. The van der Waals surface area contributed by atoms with Crippen molar-refractivity contribution in [3.05, 3.63) is 70.6 Å². The number of pyridine rings is 2. The largest absolute Gasteiger partial charge is 0.482 e. The van der Waals surface area contributed by atoms with Gasteiger partial charge in [-0.3, -0.25) is 4.98 Å². The molecule has 0 saturated heterocycles. The predicted octanol–water partition coefficient (Wildman–Crippen LogP) is 5.17. The van der Waals surface area contributed by atoms with Gasteiger partial charge in [0.1, 0.15) is 6.10 Å². The second-order valence-electron chi connectivity index (χ2n) is 5.24. The smallest absolute Gasteiger partial charge is 0.166 e. The Hall–Kier alpha value is -2.30. The Morgan fingerprint density at radius 2 is 1.79 bits per heavy atom. The van der Waals surface area contributed by atoms with Crippen molar-refractivity contribution in [1.29, 1.82) is 0 Å². The fourth-order valence-corrected chi connectivity index (χ4v) is 3.09. The van der Waals surface area contributed by atoms with Crippen LogP contribution in [0.1, 0.15) is 18.6 Å². The summed E-state index contributed by atoms with van der Waals surface area (Å²) in [5.74, 6) is 0.775. The van der Waals surface area contributed by atoms with E-state index in [2.05, 4.69) is 9.97 Å². The van der Waals surface area contributed by atoms with Crippen LogP contribution in [-0.4, -0.2) is 9.97 Å². The minimum atomic E-state index is -0.376. The highest BCUT2D eigenvalue weighted by Gasteiger charge is 2.17. The van der Waals surface area contributed by atoms with Crippen LogP contribution < -0.4 is 10.5 Å². The van der Waals surface area contributed by atoms with E-state index in [1.165, 1.54) is 0 Å². The maximum Gasteiger partial charge on any atom is 0.166 e. The van der Waals surface area contributed by atoms with E-state index in [4.69, 9.17) is 33.7 Å². The van der Waals surface area contributed by atoms with Crippen molar-refractivity contribution in [3.63, 3.8) is 0 Å². The van der Waals surface area contributed by atoms with E-state index in [9.17, 15) is 0 Å². The normalized spacial score (nSPS) is 12.0. The number of hydrogen-bond acceptors (Lipinski definition) is 4. The SMILES string of the molecule is C[C@H](Oc1cc(-c2cccnc2)cnc1N)c1c(Cl)cccc1Cl. The number of halogens is 2. The maximum absolute atomic E-state index is 6.24. The van der Waals surface area contributed by atoms with E-state index in [0.29, 0.717) is 27.2 Å². The molecule has 0 saturated carbocycles. The summed E-state index contributed by atoms with van der Waals surface area (Å²) in [6.07, 6.45) is 4.78. The molecule has 0 amide bonds. The molecule has 0 aliphatic rings. The molecule has 3 aromatic rings. The summed E-state index contributed by atoms with van der Waals surface area (Å²) in [6, 6.07) is 11.0. The van der Waals surface area contributed by atoms with E-state index in [-0.39, 0.29) is 6.10 Å². The lowest BCUT2D eigenvalue weighted by Gasteiger charge is -2.19. The van der Waals surface area contributed by atoms with Gasteiger partial charge in [0.15, 0.2) is 11.6 Å². The number of rotatable bonds is 4. The van der Waals surface area contributed by atoms with Crippen molar-refractivity contribution in [2.75, 3.05) is 5.73 Å². The topological polar surface area (TPSA) is 61.0 Å². The predicted molar refractivity (Wildman–Crippen MR) is 97.4 cm³/mol. The molecule has 122 valence electrons. The van der Waals surface area contributed by atoms with Crippen molar-refractivity contribution < 1.29 is 4.74 Å². The van der Waals surface area contributed by atoms with Gasteiger partial charge < -0.3 is 10.5 Å². The van der Waals surface area contributed by atoms with Crippen LogP contribution in [0.25, 0.3) is 11.1 Å². The van der Waals surface area contributed by atoms with Crippen molar-refractivity contribution in [3.8, 4) is 16.9 Å². The molecule has 3 rings (SSSR count). The van der Waals surface area contributed by atoms with Crippen LogP contribution in [0, 0.1) is 0 Å². The number of nitrogens with two attached hydrogens (primary N) is 1. The van der Waals surface area contributed by atoms with Crippen molar-refractivity contribution in [2.45, 2.75) is 13.0 Å². The molecule has 2 heterocycles. The van der Waals surface area contributed by atoms with Gasteiger partial charge in [0, 0.05) is 45.3 Å². The third-order valence-corrected chi connectivity index (χ3v) is 4.25. The number of nitrogens with zero attached hydrogens (tertiary/aromatic N) is 2. The molecular formula is C18H15Cl2N3O. The molecule has 24 heavy (non-hydrogen) atoms. The summed E-state index contributed by atoms with van der Waals surface area (Å²) < 4.78 is 5.98. The molecule has 2 aromatic heterocycles. The molecule has 4 nitrogen and oxygen atoms in total. The Morgan fingerprint density at radius 3 is 2.46 bits per heavy atom. The van der Waals surface area contributed by atoms with Gasteiger partial charge in [0.25, 0.3) is 0 Å². The second-order valence-corrected chi connectivity index (χ2v) is 6.06. The molecule has 0 unspecified atom stereocenters. The third-order valence-electron chi connectivity index (χ3n) is 3.59. The lowest BCUT2D eigenvalue weighted by Crippen LogP contribution is -2.07. The molecule has 0 aliphatic carbocycles. The number of nitrogen functional groups attached to an aromatic ring is 1. The average Bonchev–Trinajstić information content (AvgIpc) is 2.57. The van der Waals surface area contributed by atoms with Gasteiger partial charge in [-0.15, -0.1) is 0 Å². The first kappa shape index (κ1) is 16.6. The number of anilines is 1. The van der Waals surface area contributed by atoms with E-state index in [1.807, 2.05) is 25.1 Å². The zero-order chi connectivity index (χ0) is 17.1. The van der Waals surface area contributed by atoms with E-state index in [1.54, 1.807) is 36.8 Å². The number of ether oxygens (including phenoxy) is 1. The molecule has 0 fully saturated rings. The molecular weight excluding hydrogens is 345 g/mol. The van der Waals surface area contributed by atoms with E-state index in [0.717, 1.165) is 11.1 Å². The zero-order valence-electron chi connectivity index (χ0n) is 12.9. The minimum absolute atomic E-state index is 0.303. The van der Waals surface area contributed by atoms with Gasteiger partial charge in [-0.05, 0) is 31.2 Å². The fourth-order valence-electron chi connectivity index (χ4n) is 2.39. The summed E-state index contributed by atoms with van der Waals surface area (Å²) in [7, 11) is 0. The van der Waals surface area contributed by atoms with E-state index < -0.39 is 0 Å². The summed E-state index contributed by atoms with van der Waals surface area (Å²) in [5.41, 5.74) is 8.46. The summed E-state index contributed by atoms with van der Waals surface area (Å²) in [4.78, 5) is 8.32. The van der Waals surface area contributed by atoms with Gasteiger partial charge in [0.05, 0.1) is 0 Å². The lowest BCUT2D eigenvalue weighted by molar-refractivity contribution is 0.228. The van der Waals surface area contributed by atoms with Crippen LogP contribution >= 0.6 is 23.2 Å². The van der Waals surface area contributed by atoms with Crippen LogP contribution in [0.2, 0.25) is 10.0 Å². The number of aromatic nitrogens is 2.